The molecule has 0 aliphatic carbocycles. The van der Waals surface area contributed by atoms with E-state index >= 15 is 0 Å². The fourth-order valence-corrected chi connectivity index (χ4v) is 3.52. The van der Waals surface area contributed by atoms with Crippen LogP contribution in [0.1, 0.15) is 38.0 Å². The van der Waals surface area contributed by atoms with Gasteiger partial charge in [-0.3, -0.25) is 9.69 Å². The number of hydrogen-bond donors (Lipinski definition) is 1. The molecule has 1 aliphatic rings. The molecule has 0 radical (unpaired) electrons. The lowest BCUT2D eigenvalue weighted by molar-refractivity contribution is 0.0600. The van der Waals surface area contributed by atoms with Crippen LogP contribution in [-0.2, 0) is 4.74 Å². The molecule has 140 valence electrons. The molecule has 1 aliphatic heterocycles. The molecule has 0 bridgehead atoms. The lowest BCUT2D eigenvalue weighted by Gasteiger charge is -2.28. The monoisotopic (exact) mass is 372 g/mol. The maximum absolute atomic E-state index is 13.2. The second-order valence-corrected chi connectivity index (χ2v) is 6.66. The highest BCUT2D eigenvalue weighted by atomic mass is 16.5. The largest absolute Gasteiger partial charge is 0.465 e. The Morgan fingerprint density at radius 3 is 2.36 bits per heavy atom. The first-order chi connectivity index (χ1) is 13.6. The van der Waals surface area contributed by atoms with Gasteiger partial charge in [-0.15, -0.1) is 0 Å². The first-order valence-electron chi connectivity index (χ1n) is 9.03. The van der Waals surface area contributed by atoms with Crippen molar-refractivity contribution < 1.29 is 14.3 Å². The fraction of sp³-hybridized carbons (Fsp3) is 0.130. The number of hydrogen-bond acceptors (Lipinski definition) is 4. The molecule has 0 saturated heterocycles. The third-order valence-electron chi connectivity index (χ3n) is 4.95. The minimum absolute atomic E-state index is 0.0337. The van der Waals surface area contributed by atoms with Gasteiger partial charge in [0.25, 0.3) is 5.91 Å². The summed E-state index contributed by atoms with van der Waals surface area (Å²) in [5.41, 5.74) is 4.79. The van der Waals surface area contributed by atoms with Gasteiger partial charge in [-0.25, -0.2) is 4.79 Å². The van der Waals surface area contributed by atoms with Gasteiger partial charge < -0.3 is 10.1 Å². The predicted molar refractivity (Wildman–Crippen MR) is 109 cm³/mol. The maximum atomic E-state index is 13.2. The number of ether oxygens (including phenoxy) is 1. The van der Waals surface area contributed by atoms with Crippen LogP contribution in [0.3, 0.4) is 0 Å². The molecule has 5 nitrogen and oxygen atoms in total. The third-order valence-corrected chi connectivity index (χ3v) is 4.95. The molecule has 4 rings (SSSR count). The Hall–Kier alpha value is -3.60. The Balaban J connectivity index is 1.72. The Bertz CT molecular complexity index is 1040. The van der Waals surface area contributed by atoms with Gasteiger partial charge in [0.05, 0.1) is 12.7 Å². The number of fused-ring (bicyclic) bond motifs is 1. The minimum atomic E-state index is -0.380. The van der Waals surface area contributed by atoms with Crippen molar-refractivity contribution in [3.05, 3.63) is 95.1 Å². The molecule has 1 heterocycles. The van der Waals surface area contributed by atoms with Crippen LogP contribution in [0.5, 0.6) is 0 Å². The molecular formula is C23H20N2O3. The highest BCUT2D eigenvalue weighted by molar-refractivity contribution is 6.11. The van der Waals surface area contributed by atoms with Crippen molar-refractivity contribution >= 4 is 23.3 Å². The van der Waals surface area contributed by atoms with Gasteiger partial charge in [-0.05, 0) is 48.9 Å². The Morgan fingerprint density at radius 1 is 0.964 bits per heavy atom. The quantitative estimate of drug-likeness (QED) is 0.683. The summed E-state index contributed by atoms with van der Waals surface area (Å²) in [6, 6.07) is 22.5. The number of nitrogens with one attached hydrogen (secondary N) is 1. The molecule has 5 heteroatoms. The maximum Gasteiger partial charge on any atom is 0.337 e. The zero-order valence-electron chi connectivity index (χ0n) is 15.7. The molecular weight excluding hydrogens is 352 g/mol. The van der Waals surface area contributed by atoms with E-state index in [1.807, 2.05) is 67.6 Å². The molecule has 0 aromatic heterocycles. The van der Waals surface area contributed by atoms with Gasteiger partial charge in [0.2, 0.25) is 0 Å². The van der Waals surface area contributed by atoms with Crippen molar-refractivity contribution in [2.24, 2.45) is 0 Å². The molecule has 0 unspecified atom stereocenters. The van der Waals surface area contributed by atoms with E-state index in [-0.39, 0.29) is 18.0 Å². The topological polar surface area (TPSA) is 58.6 Å². The summed E-state index contributed by atoms with van der Waals surface area (Å²) in [5.74, 6) is -0.414. The molecule has 1 N–H and O–H groups in total. The van der Waals surface area contributed by atoms with Crippen LogP contribution in [0.4, 0.5) is 11.4 Å². The summed E-state index contributed by atoms with van der Waals surface area (Å²) >= 11 is 0. The fourth-order valence-electron chi connectivity index (χ4n) is 3.52. The predicted octanol–water partition coefficient (Wildman–Crippen LogP) is 4.55. The van der Waals surface area contributed by atoms with Crippen molar-refractivity contribution in [2.75, 3.05) is 17.3 Å². The highest BCUT2D eigenvalue weighted by Crippen LogP contribution is 2.39. The van der Waals surface area contributed by atoms with Crippen LogP contribution >= 0.6 is 0 Å². The standard InChI is InChI=1S/C23H20N2O3/c1-15-7-3-6-10-20(15)25-21(18-8-4-5-9-19(18)22(25)26)24-17-13-11-16(12-14-17)23(27)28-2/h3-14,21,24H,1-2H3/t21-/m0/s1. The number of aryl methyl sites for hydroxylation is 1. The van der Waals surface area contributed by atoms with Gasteiger partial charge >= 0.3 is 5.97 Å². The smallest absolute Gasteiger partial charge is 0.337 e. The van der Waals surface area contributed by atoms with Gasteiger partial charge in [0, 0.05) is 22.5 Å². The number of esters is 1. The minimum Gasteiger partial charge on any atom is -0.465 e. The normalized spacial score (nSPS) is 15.3. The van der Waals surface area contributed by atoms with E-state index in [9.17, 15) is 9.59 Å². The summed E-state index contributed by atoms with van der Waals surface area (Å²) in [6.45, 7) is 1.99. The number of benzene rings is 3. The average molecular weight is 372 g/mol. The Labute approximate surface area is 163 Å². The highest BCUT2D eigenvalue weighted by Gasteiger charge is 2.38. The lowest BCUT2D eigenvalue weighted by atomic mass is 10.1. The number of amides is 1. The van der Waals surface area contributed by atoms with Crippen LogP contribution in [0.15, 0.2) is 72.8 Å². The Morgan fingerprint density at radius 2 is 1.64 bits per heavy atom. The first kappa shape index (κ1) is 17.8. The summed E-state index contributed by atoms with van der Waals surface area (Å²) < 4.78 is 4.75. The molecule has 3 aromatic carbocycles. The molecule has 1 amide bonds. The number of carbonyl (C=O) groups is 2. The van der Waals surface area contributed by atoms with Gasteiger partial charge in [-0.1, -0.05) is 36.4 Å². The van der Waals surface area contributed by atoms with Crippen LogP contribution < -0.4 is 10.2 Å². The van der Waals surface area contributed by atoms with E-state index in [1.54, 1.807) is 17.0 Å². The zero-order valence-corrected chi connectivity index (χ0v) is 15.7. The van der Waals surface area contributed by atoms with Crippen LogP contribution in [0.2, 0.25) is 0 Å². The number of methoxy groups -OCH3 is 1. The number of carbonyl (C=O) groups excluding carboxylic acids is 2. The third kappa shape index (κ3) is 3.01. The van der Waals surface area contributed by atoms with E-state index in [1.165, 1.54) is 7.11 Å². The van der Waals surface area contributed by atoms with Gasteiger partial charge in [-0.2, -0.15) is 0 Å². The van der Waals surface area contributed by atoms with E-state index in [0.29, 0.717) is 11.1 Å². The molecule has 1 atom stereocenters. The van der Waals surface area contributed by atoms with E-state index in [2.05, 4.69) is 5.32 Å². The molecule has 0 fully saturated rings. The lowest BCUT2D eigenvalue weighted by Crippen LogP contribution is -2.32. The average Bonchev–Trinajstić information content (AvgIpc) is 3.00. The molecule has 28 heavy (non-hydrogen) atoms. The summed E-state index contributed by atoms with van der Waals surface area (Å²) in [5, 5.41) is 3.44. The summed E-state index contributed by atoms with van der Waals surface area (Å²) in [7, 11) is 1.36. The van der Waals surface area contributed by atoms with E-state index in [4.69, 9.17) is 4.74 Å². The van der Waals surface area contributed by atoms with E-state index in [0.717, 1.165) is 22.5 Å². The van der Waals surface area contributed by atoms with Crippen molar-refractivity contribution in [1.29, 1.82) is 0 Å². The van der Waals surface area contributed by atoms with E-state index < -0.39 is 0 Å². The summed E-state index contributed by atoms with van der Waals surface area (Å²) in [4.78, 5) is 26.6. The first-order valence-corrected chi connectivity index (χ1v) is 9.03. The van der Waals surface area contributed by atoms with Gasteiger partial charge in [0.15, 0.2) is 0 Å². The van der Waals surface area contributed by atoms with Crippen molar-refractivity contribution in [3.63, 3.8) is 0 Å². The SMILES string of the molecule is COC(=O)c1ccc(N[C@@H]2c3ccccc3C(=O)N2c2ccccc2C)cc1. The van der Waals surface area contributed by atoms with Crippen LogP contribution in [0.25, 0.3) is 0 Å². The number of rotatable bonds is 4. The molecule has 0 spiro atoms. The molecule has 0 saturated carbocycles. The van der Waals surface area contributed by atoms with Crippen molar-refractivity contribution in [2.45, 2.75) is 13.1 Å². The molecule has 3 aromatic rings. The Kier molecular flexibility index (Phi) is 4.57. The summed E-state index contributed by atoms with van der Waals surface area (Å²) in [6.07, 6.45) is -0.339. The van der Waals surface area contributed by atoms with Crippen molar-refractivity contribution in [3.8, 4) is 0 Å². The second-order valence-electron chi connectivity index (χ2n) is 6.66. The second kappa shape index (κ2) is 7.19. The number of nitrogens with zero attached hydrogens (tertiary/aromatic N) is 1. The number of anilines is 2. The van der Waals surface area contributed by atoms with Crippen molar-refractivity contribution in [1.82, 2.24) is 0 Å². The van der Waals surface area contributed by atoms with Crippen LogP contribution in [-0.4, -0.2) is 19.0 Å². The van der Waals surface area contributed by atoms with Gasteiger partial charge in [0.1, 0.15) is 6.17 Å². The van der Waals surface area contributed by atoms with Crippen LogP contribution in [0, 0.1) is 6.92 Å². The zero-order chi connectivity index (χ0) is 19.7. The number of para-hydroxylation sites is 1.